The van der Waals surface area contributed by atoms with Crippen molar-refractivity contribution in [3.05, 3.63) is 64.8 Å². The number of halogens is 1. The van der Waals surface area contributed by atoms with Gasteiger partial charge in [-0.3, -0.25) is 14.5 Å². The van der Waals surface area contributed by atoms with E-state index in [2.05, 4.69) is 10.6 Å². The first-order valence-electron chi connectivity index (χ1n) is 10.0. The number of nitrogens with one attached hydrogen (secondary N) is 1. The van der Waals surface area contributed by atoms with Crippen molar-refractivity contribution < 1.29 is 23.9 Å². The number of hydrogen-bond donors (Lipinski definition) is 1. The molecule has 0 saturated carbocycles. The predicted octanol–water partition coefficient (Wildman–Crippen LogP) is 2.07. The van der Waals surface area contributed by atoms with Gasteiger partial charge in [0.25, 0.3) is 11.6 Å². The Morgan fingerprint density at radius 2 is 1.91 bits per heavy atom. The highest BCUT2D eigenvalue weighted by atomic mass is 35.5. The molecule has 1 N–H and O–H groups in total. The van der Waals surface area contributed by atoms with Crippen LogP contribution in [-0.4, -0.2) is 33.1 Å². The van der Waals surface area contributed by atoms with Gasteiger partial charge in [-0.2, -0.15) is 0 Å². The maximum Gasteiger partial charge on any atom is 0.256 e. The van der Waals surface area contributed by atoms with Crippen LogP contribution in [0.25, 0.3) is 0 Å². The zero-order valence-corrected chi connectivity index (χ0v) is 19.4. The highest BCUT2D eigenvalue weighted by molar-refractivity contribution is 7.80. The SMILES string of the molecule is Cc1ccc(N2C(=O)C(CC(=O)Nc3ccc(Cl)cc3)N(Cc3c([O-])on[n+]3C)C2=S)cc1. The first-order valence-corrected chi connectivity index (χ1v) is 10.8. The van der Waals surface area contributed by atoms with Crippen LogP contribution in [0.5, 0.6) is 5.95 Å². The molecule has 33 heavy (non-hydrogen) atoms. The van der Waals surface area contributed by atoms with Gasteiger partial charge in [0.2, 0.25) is 5.91 Å². The average molecular weight is 486 g/mol. The number of amides is 2. The van der Waals surface area contributed by atoms with Crippen molar-refractivity contribution >= 4 is 52.1 Å². The number of thiocarbonyl (C=S) groups is 1. The number of anilines is 2. The topological polar surface area (TPSA) is 106 Å². The molecular formula is C22H20ClN5O4S. The smallest absolute Gasteiger partial charge is 0.256 e. The van der Waals surface area contributed by atoms with Crippen LogP contribution in [0.2, 0.25) is 5.02 Å². The molecule has 1 aromatic heterocycles. The Bertz CT molecular complexity index is 1190. The third-order valence-electron chi connectivity index (χ3n) is 5.31. The largest absolute Gasteiger partial charge is 0.539 e. The molecule has 1 atom stereocenters. The lowest BCUT2D eigenvalue weighted by molar-refractivity contribution is -0.746. The number of benzene rings is 2. The van der Waals surface area contributed by atoms with Crippen LogP contribution < -0.4 is 20.0 Å². The van der Waals surface area contributed by atoms with E-state index < -0.39 is 12.0 Å². The van der Waals surface area contributed by atoms with E-state index in [9.17, 15) is 14.7 Å². The van der Waals surface area contributed by atoms with E-state index in [0.717, 1.165) is 5.56 Å². The van der Waals surface area contributed by atoms with Crippen LogP contribution >= 0.6 is 23.8 Å². The van der Waals surface area contributed by atoms with Crippen LogP contribution in [0.15, 0.2) is 53.1 Å². The molecule has 4 rings (SSSR count). The van der Waals surface area contributed by atoms with Crippen molar-refractivity contribution in [1.29, 1.82) is 0 Å². The molecule has 170 valence electrons. The third-order valence-corrected chi connectivity index (χ3v) is 5.98. The number of rotatable bonds is 6. The second kappa shape index (κ2) is 9.16. The monoisotopic (exact) mass is 485 g/mol. The molecule has 0 radical (unpaired) electrons. The molecule has 2 amide bonds. The van der Waals surface area contributed by atoms with Crippen molar-refractivity contribution in [2.24, 2.45) is 7.05 Å². The van der Waals surface area contributed by atoms with E-state index in [4.69, 9.17) is 28.3 Å². The molecule has 3 aromatic rings. The van der Waals surface area contributed by atoms with E-state index >= 15 is 0 Å². The van der Waals surface area contributed by atoms with Gasteiger partial charge in [-0.05, 0) is 55.5 Å². The fraction of sp³-hybridized carbons (Fsp3) is 0.227. The second-order valence-electron chi connectivity index (χ2n) is 7.63. The van der Waals surface area contributed by atoms with E-state index in [1.807, 2.05) is 19.1 Å². The lowest BCUT2D eigenvalue weighted by Crippen LogP contribution is -2.42. The minimum absolute atomic E-state index is 0.0370. The van der Waals surface area contributed by atoms with Crippen LogP contribution in [0, 0.1) is 6.92 Å². The fourth-order valence-electron chi connectivity index (χ4n) is 3.53. The predicted molar refractivity (Wildman–Crippen MR) is 122 cm³/mol. The fourth-order valence-corrected chi connectivity index (χ4v) is 4.04. The quantitative estimate of drug-likeness (QED) is 0.421. The molecular weight excluding hydrogens is 466 g/mol. The Morgan fingerprint density at radius 3 is 2.52 bits per heavy atom. The van der Waals surface area contributed by atoms with Gasteiger partial charge in [-0.25, -0.2) is 0 Å². The first-order chi connectivity index (χ1) is 15.7. The van der Waals surface area contributed by atoms with Crippen LogP contribution in [-0.2, 0) is 23.2 Å². The van der Waals surface area contributed by atoms with Gasteiger partial charge in [-0.1, -0.05) is 34.0 Å². The van der Waals surface area contributed by atoms with E-state index in [1.165, 1.54) is 9.58 Å². The van der Waals surface area contributed by atoms with Gasteiger partial charge in [0.1, 0.15) is 12.6 Å². The zero-order valence-electron chi connectivity index (χ0n) is 17.8. The Hall–Kier alpha value is -3.50. The van der Waals surface area contributed by atoms with Gasteiger partial charge in [0.05, 0.1) is 17.4 Å². The van der Waals surface area contributed by atoms with E-state index in [0.29, 0.717) is 16.4 Å². The molecule has 2 heterocycles. The molecule has 1 unspecified atom stereocenters. The summed E-state index contributed by atoms with van der Waals surface area (Å²) in [5.74, 6) is -1.38. The summed E-state index contributed by atoms with van der Waals surface area (Å²) in [5.41, 5.74) is 2.36. The number of carbonyl (C=O) groups is 2. The molecule has 1 aliphatic rings. The van der Waals surface area contributed by atoms with Gasteiger partial charge >= 0.3 is 0 Å². The molecule has 0 aliphatic carbocycles. The minimum Gasteiger partial charge on any atom is -0.539 e. The Balaban J connectivity index is 1.62. The number of nitrogens with zero attached hydrogens (tertiary/aromatic N) is 4. The van der Waals surface area contributed by atoms with E-state index in [-0.39, 0.29) is 35.6 Å². The van der Waals surface area contributed by atoms with Crippen LogP contribution in [0.1, 0.15) is 17.7 Å². The molecule has 0 spiro atoms. The lowest BCUT2D eigenvalue weighted by Gasteiger charge is -2.22. The second-order valence-corrected chi connectivity index (χ2v) is 8.43. The molecule has 0 bridgehead atoms. The molecule has 1 fully saturated rings. The van der Waals surface area contributed by atoms with Crippen molar-refractivity contribution in [2.45, 2.75) is 25.9 Å². The lowest BCUT2D eigenvalue weighted by atomic mass is 10.1. The summed E-state index contributed by atoms with van der Waals surface area (Å²) in [5, 5.41) is 19.2. The summed E-state index contributed by atoms with van der Waals surface area (Å²) in [6, 6.07) is 13.0. The number of hydrogen-bond acceptors (Lipinski definition) is 6. The normalized spacial score (nSPS) is 15.9. The van der Waals surface area contributed by atoms with Crippen molar-refractivity contribution in [1.82, 2.24) is 10.2 Å². The maximum atomic E-state index is 13.4. The number of aryl methyl sites for hydroxylation is 2. The third kappa shape index (κ3) is 4.67. The minimum atomic E-state index is -0.916. The summed E-state index contributed by atoms with van der Waals surface area (Å²) in [4.78, 5) is 29.1. The Kier molecular flexibility index (Phi) is 6.30. The molecule has 9 nitrogen and oxygen atoms in total. The van der Waals surface area contributed by atoms with Gasteiger partial charge in [0, 0.05) is 10.7 Å². The Morgan fingerprint density at radius 1 is 1.24 bits per heavy atom. The van der Waals surface area contributed by atoms with Gasteiger partial charge in [-0.15, -0.1) is 0 Å². The number of aromatic nitrogens is 2. The summed E-state index contributed by atoms with van der Waals surface area (Å²) in [6.45, 7) is 1.90. The van der Waals surface area contributed by atoms with Crippen LogP contribution in [0.4, 0.5) is 11.4 Å². The van der Waals surface area contributed by atoms with Crippen molar-refractivity contribution in [2.75, 3.05) is 10.2 Å². The van der Waals surface area contributed by atoms with Gasteiger partial charge in [0.15, 0.2) is 18.1 Å². The van der Waals surface area contributed by atoms with Gasteiger partial charge < -0.3 is 19.8 Å². The first kappa shape index (κ1) is 22.7. The summed E-state index contributed by atoms with van der Waals surface area (Å²) < 4.78 is 5.98. The summed E-state index contributed by atoms with van der Waals surface area (Å²) in [7, 11) is 1.56. The molecule has 1 aliphatic heterocycles. The number of carbonyl (C=O) groups excluding carboxylic acids is 2. The molecule has 2 aromatic carbocycles. The van der Waals surface area contributed by atoms with Crippen LogP contribution in [0.3, 0.4) is 0 Å². The molecule has 1 saturated heterocycles. The zero-order chi connectivity index (χ0) is 23.7. The summed E-state index contributed by atoms with van der Waals surface area (Å²) in [6.07, 6.45) is -0.173. The average Bonchev–Trinajstić information content (AvgIpc) is 3.21. The van der Waals surface area contributed by atoms with E-state index in [1.54, 1.807) is 48.3 Å². The van der Waals surface area contributed by atoms with Crippen molar-refractivity contribution in [3.63, 3.8) is 0 Å². The van der Waals surface area contributed by atoms with Crippen molar-refractivity contribution in [3.8, 4) is 5.95 Å². The standard InChI is InChI=1S/C22H20ClN5O4S/c1-13-3-9-16(10-4-13)28-20(30)17(11-19(29)24-15-7-5-14(23)6-8-15)27(22(28)33)12-18-21(31)32-25-26(18)2/h3-10,17H,11-12H2,1-2H3,(H-,24,25,29,31). The highest BCUT2D eigenvalue weighted by Gasteiger charge is 2.45. The summed E-state index contributed by atoms with van der Waals surface area (Å²) >= 11 is 11.5. The Labute approximate surface area is 200 Å². The highest BCUT2D eigenvalue weighted by Crippen LogP contribution is 2.29. The maximum absolute atomic E-state index is 13.4. The molecule has 11 heteroatoms.